The molecule has 2 rings (SSSR count). The van der Waals surface area contributed by atoms with Crippen LogP contribution in [0, 0.1) is 11.6 Å². The second-order valence-corrected chi connectivity index (χ2v) is 5.29. The van der Waals surface area contributed by atoms with Gasteiger partial charge in [0, 0.05) is 18.3 Å². The van der Waals surface area contributed by atoms with Gasteiger partial charge in [0.25, 0.3) is 0 Å². The topological polar surface area (TPSA) is 24.5 Å². The van der Waals surface area contributed by atoms with E-state index < -0.39 is 11.6 Å². The molecular formula is C17H20F2N2O. The fourth-order valence-corrected chi connectivity index (χ4v) is 2.30. The molecule has 1 unspecified atom stereocenters. The normalized spacial score (nSPS) is 12.3. The Bertz CT molecular complexity index is 594. The lowest BCUT2D eigenvalue weighted by atomic mass is 10.1. The van der Waals surface area contributed by atoms with Crippen molar-refractivity contribution in [3.05, 3.63) is 59.7 Å². The predicted molar refractivity (Wildman–Crippen MR) is 84.3 cm³/mol. The third kappa shape index (κ3) is 4.18. The third-order valence-corrected chi connectivity index (χ3v) is 3.49. The summed E-state index contributed by atoms with van der Waals surface area (Å²) in [5.74, 6) is -0.386. The summed E-state index contributed by atoms with van der Waals surface area (Å²) in [5.41, 5.74) is 1.52. The molecule has 0 amide bonds. The molecule has 0 aliphatic rings. The molecule has 0 aliphatic heterocycles. The lowest BCUT2D eigenvalue weighted by molar-refractivity contribution is 0.311. The van der Waals surface area contributed by atoms with Gasteiger partial charge in [-0.2, -0.15) is 0 Å². The predicted octanol–water partition coefficient (Wildman–Crippen LogP) is 3.69. The first-order valence-electron chi connectivity index (χ1n) is 7.00. The highest BCUT2D eigenvalue weighted by Gasteiger charge is 2.14. The van der Waals surface area contributed by atoms with Crippen molar-refractivity contribution >= 4 is 5.69 Å². The molecule has 0 saturated carbocycles. The summed E-state index contributed by atoms with van der Waals surface area (Å²) in [6.45, 7) is 0.530. The number of methoxy groups -OCH3 is 1. The Kier molecular flexibility index (Phi) is 5.33. The molecule has 1 N–H and O–H groups in total. The second-order valence-electron chi connectivity index (χ2n) is 5.29. The van der Waals surface area contributed by atoms with E-state index in [2.05, 4.69) is 5.32 Å². The molecule has 3 nitrogen and oxygen atoms in total. The van der Waals surface area contributed by atoms with E-state index in [9.17, 15) is 8.78 Å². The van der Waals surface area contributed by atoms with E-state index in [1.54, 1.807) is 7.11 Å². The summed E-state index contributed by atoms with van der Waals surface area (Å²) >= 11 is 0. The number of benzene rings is 2. The molecule has 0 heterocycles. The number of halogens is 2. The van der Waals surface area contributed by atoms with Crippen LogP contribution in [0.2, 0.25) is 0 Å². The van der Waals surface area contributed by atoms with Crippen LogP contribution in [-0.4, -0.2) is 32.6 Å². The molecule has 0 spiro atoms. The number of hydrogen-bond acceptors (Lipinski definition) is 3. The molecule has 0 aliphatic carbocycles. The van der Waals surface area contributed by atoms with E-state index in [4.69, 9.17) is 4.74 Å². The van der Waals surface area contributed by atoms with Crippen LogP contribution >= 0.6 is 0 Å². The minimum atomic E-state index is -0.589. The maximum Gasteiger partial charge on any atom is 0.128 e. The van der Waals surface area contributed by atoms with Crippen LogP contribution in [0.15, 0.2) is 42.5 Å². The summed E-state index contributed by atoms with van der Waals surface area (Å²) in [5, 5.41) is 3.08. The van der Waals surface area contributed by atoms with E-state index in [1.165, 1.54) is 12.1 Å². The first kappa shape index (κ1) is 16.2. The number of anilines is 1. The van der Waals surface area contributed by atoms with Crippen molar-refractivity contribution in [2.75, 3.05) is 33.1 Å². The fourth-order valence-electron chi connectivity index (χ4n) is 2.30. The summed E-state index contributed by atoms with van der Waals surface area (Å²) in [7, 11) is 5.55. The zero-order chi connectivity index (χ0) is 16.1. The number of hydrogen-bond donors (Lipinski definition) is 1. The van der Waals surface area contributed by atoms with Gasteiger partial charge in [-0.15, -0.1) is 0 Å². The first-order chi connectivity index (χ1) is 10.5. The standard InChI is InChI=1S/C17H20F2N2O/c1-21(2)17(12-4-6-16(22-3)7-5-12)11-20-15-9-13(18)8-14(19)10-15/h4-10,17,20H,11H2,1-3H3. The van der Waals surface area contributed by atoms with Crippen LogP contribution in [-0.2, 0) is 0 Å². The average molecular weight is 306 g/mol. The maximum absolute atomic E-state index is 13.2. The molecule has 118 valence electrons. The second kappa shape index (κ2) is 7.22. The van der Waals surface area contributed by atoms with Crippen molar-refractivity contribution in [3.8, 4) is 5.75 Å². The number of rotatable bonds is 6. The summed E-state index contributed by atoms with van der Waals surface area (Å²) in [6.07, 6.45) is 0. The SMILES string of the molecule is COc1ccc(C(CNc2cc(F)cc(F)c2)N(C)C)cc1. The van der Waals surface area contributed by atoms with Crippen molar-refractivity contribution in [2.45, 2.75) is 6.04 Å². The van der Waals surface area contributed by atoms with Gasteiger partial charge in [0.05, 0.1) is 13.2 Å². The van der Waals surface area contributed by atoms with Crippen molar-refractivity contribution in [1.82, 2.24) is 4.90 Å². The molecule has 0 fully saturated rings. The quantitative estimate of drug-likeness (QED) is 0.881. The first-order valence-corrected chi connectivity index (χ1v) is 7.00. The van der Waals surface area contributed by atoms with Gasteiger partial charge in [0.2, 0.25) is 0 Å². The smallest absolute Gasteiger partial charge is 0.128 e. The van der Waals surface area contributed by atoms with Gasteiger partial charge in [0.15, 0.2) is 0 Å². The summed E-state index contributed by atoms with van der Waals surface area (Å²) < 4.78 is 31.6. The Hall–Kier alpha value is -2.14. The summed E-state index contributed by atoms with van der Waals surface area (Å²) in [6, 6.07) is 11.2. The molecule has 1 atom stereocenters. The van der Waals surface area contributed by atoms with Gasteiger partial charge < -0.3 is 15.0 Å². The highest BCUT2D eigenvalue weighted by molar-refractivity contribution is 5.44. The zero-order valence-corrected chi connectivity index (χ0v) is 12.9. The number of ether oxygens (including phenoxy) is 1. The van der Waals surface area contributed by atoms with E-state index in [0.717, 1.165) is 17.4 Å². The number of likely N-dealkylation sites (N-methyl/N-ethyl adjacent to an activating group) is 1. The molecule has 5 heteroatoms. The van der Waals surface area contributed by atoms with Crippen LogP contribution in [0.3, 0.4) is 0 Å². The lowest BCUT2D eigenvalue weighted by Crippen LogP contribution is -2.26. The van der Waals surface area contributed by atoms with E-state index in [-0.39, 0.29) is 6.04 Å². The Labute approximate surface area is 129 Å². The highest BCUT2D eigenvalue weighted by atomic mass is 19.1. The molecular weight excluding hydrogens is 286 g/mol. The Morgan fingerprint density at radius 3 is 2.14 bits per heavy atom. The number of nitrogens with one attached hydrogen (secondary N) is 1. The van der Waals surface area contributed by atoms with Crippen LogP contribution in [0.25, 0.3) is 0 Å². The van der Waals surface area contributed by atoms with E-state index in [1.807, 2.05) is 43.3 Å². The average Bonchev–Trinajstić information content (AvgIpc) is 2.47. The molecule has 2 aromatic rings. The minimum Gasteiger partial charge on any atom is -0.497 e. The van der Waals surface area contributed by atoms with Gasteiger partial charge in [0.1, 0.15) is 17.4 Å². The van der Waals surface area contributed by atoms with Gasteiger partial charge in [-0.1, -0.05) is 12.1 Å². The molecule has 0 saturated heterocycles. The lowest BCUT2D eigenvalue weighted by Gasteiger charge is -2.25. The van der Waals surface area contributed by atoms with Gasteiger partial charge in [-0.25, -0.2) is 8.78 Å². The fraction of sp³-hybridized carbons (Fsp3) is 0.294. The molecule has 22 heavy (non-hydrogen) atoms. The van der Waals surface area contributed by atoms with Crippen molar-refractivity contribution in [3.63, 3.8) is 0 Å². The van der Waals surface area contributed by atoms with Crippen LogP contribution in [0.5, 0.6) is 5.75 Å². The molecule has 0 bridgehead atoms. The van der Waals surface area contributed by atoms with Crippen LogP contribution in [0.1, 0.15) is 11.6 Å². The monoisotopic (exact) mass is 306 g/mol. The highest BCUT2D eigenvalue weighted by Crippen LogP contribution is 2.22. The van der Waals surface area contributed by atoms with E-state index >= 15 is 0 Å². The molecule has 0 aromatic heterocycles. The minimum absolute atomic E-state index is 0.0669. The van der Waals surface area contributed by atoms with Gasteiger partial charge in [-0.3, -0.25) is 0 Å². The van der Waals surface area contributed by atoms with Crippen molar-refractivity contribution in [1.29, 1.82) is 0 Å². The Morgan fingerprint density at radius 2 is 1.64 bits per heavy atom. The number of nitrogens with zero attached hydrogens (tertiary/aromatic N) is 1. The van der Waals surface area contributed by atoms with E-state index in [0.29, 0.717) is 12.2 Å². The largest absolute Gasteiger partial charge is 0.497 e. The molecule has 2 aromatic carbocycles. The van der Waals surface area contributed by atoms with Gasteiger partial charge in [-0.05, 0) is 43.9 Å². The van der Waals surface area contributed by atoms with Crippen molar-refractivity contribution in [2.24, 2.45) is 0 Å². The maximum atomic E-state index is 13.2. The van der Waals surface area contributed by atoms with Crippen LogP contribution in [0.4, 0.5) is 14.5 Å². The zero-order valence-electron chi connectivity index (χ0n) is 12.9. The van der Waals surface area contributed by atoms with Crippen LogP contribution < -0.4 is 10.1 Å². The Balaban J connectivity index is 2.11. The Morgan fingerprint density at radius 1 is 1.05 bits per heavy atom. The summed E-state index contributed by atoms with van der Waals surface area (Å²) in [4.78, 5) is 2.05. The molecule has 0 radical (unpaired) electrons. The third-order valence-electron chi connectivity index (χ3n) is 3.49. The van der Waals surface area contributed by atoms with Crippen molar-refractivity contribution < 1.29 is 13.5 Å². The van der Waals surface area contributed by atoms with Gasteiger partial charge >= 0.3 is 0 Å².